The van der Waals surface area contributed by atoms with Gasteiger partial charge in [-0.2, -0.15) is 0 Å². The molecule has 0 radical (unpaired) electrons. The third-order valence-corrected chi connectivity index (χ3v) is 5.44. The van der Waals surface area contributed by atoms with E-state index < -0.39 is 10.5 Å². The normalized spacial score (nSPS) is 11.8. The zero-order chi connectivity index (χ0) is 23.7. The summed E-state index contributed by atoms with van der Waals surface area (Å²) in [6, 6.07) is 6.61. The third kappa shape index (κ3) is 9.94. The van der Waals surface area contributed by atoms with Crippen molar-refractivity contribution in [3.63, 3.8) is 0 Å². The number of nitro groups is 1. The molecule has 1 aromatic rings. The van der Waals surface area contributed by atoms with Crippen molar-refractivity contribution in [2.24, 2.45) is 20.0 Å². The van der Waals surface area contributed by atoms with E-state index in [1.165, 1.54) is 6.07 Å². The van der Waals surface area contributed by atoms with Crippen LogP contribution in [-0.4, -0.2) is 75.3 Å². The van der Waals surface area contributed by atoms with Crippen LogP contribution in [0, 0.1) is 10.1 Å². The maximum absolute atomic E-state index is 11.3. The molecule has 1 rings (SSSR count). The van der Waals surface area contributed by atoms with Crippen molar-refractivity contribution in [2.75, 3.05) is 39.3 Å². The molecule has 0 aliphatic rings. The molecule has 0 aliphatic carbocycles. The Kier molecular flexibility index (Phi) is 14.3. The van der Waals surface area contributed by atoms with Crippen LogP contribution in [0.1, 0.15) is 18.4 Å². The summed E-state index contributed by atoms with van der Waals surface area (Å²) < 4.78 is 0. The molecule has 0 heterocycles. The van der Waals surface area contributed by atoms with Gasteiger partial charge in [0, 0.05) is 30.8 Å². The number of isothiocyanates is 4. The van der Waals surface area contributed by atoms with Crippen molar-refractivity contribution < 1.29 is 4.92 Å². The predicted octanol–water partition coefficient (Wildman–Crippen LogP) is 4.37. The highest BCUT2D eigenvalue weighted by molar-refractivity contribution is 7.78. The third-order valence-electron chi connectivity index (χ3n) is 4.92. The molecule has 0 N–H and O–H groups in total. The lowest BCUT2D eigenvalue weighted by Gasteiger charge is -2.44. The van der Waals surface area contributed by atoms with Gasteiger partial charge in [-0.25, -0.2) is 20.0 Å². The lowest BCUT2D eigenvalue weighted by Crippen LogP contribution is -2.53. The largest absolute Gasteiger partial charge is 0.293 e. The van der Waals surface area contributed by atoms with Crippen LogP contribution < -0.4 is 0 Å². The summed E-state index contributed by atoms with van der Waals surface area (Å²) in [5.41, 5.74) is 0.361. The molecule has 0 spiro atoms. The Hall–Kier alpha value is -2.22. The standard InChI is InChI=1S/C20H22N6O2S4/c27-26(28)19-3-1-2-18(12-19)13-20(4-6-21-14-29,5-7-22-15-30)25(10-8-23-16-31)11-9-24-17-32/h1-3,12H,4-11,13H2. The highest BCUT2D eigenvalue weighted by Crippen LogP contribution is 2.30. The Bertz CT molecular complexity index is 919. The van der Waals surface area contributed by atoms with Gasteiger partial charge in [0.2, 0.25) is 0 Å². The molecule has 168 valence electrons. The first-order valence-corrected chi connectivity index (χ1v) is 11.3. The lowest BCUT2D eigenvalue weighted by atomic mass is 9.82. The van der Waals surface area contributed by atoms with E-state index in [1.807, 2.05) is 6.07 Å². The molecule has 0 atom stereocenters. The molecule has 0 aliphatic heterocycles. The van der Waals surface area contributed by atoms with Crippen LogP contribution in [0.25, 0.3) is 0 Å². The topological polar surface area (TPSA) is 95.8 Å². The molecule has 0 amide bonds. The van der Waals surface area contributed by atoms with Crippen LogP contribution >= 0.6 is 48.9 Å². The van der Waals surface area contributed by atoms with Crippen LogP contribution in [-0.2, 0) is 6.42 Å². The van der Waals surface area contributed by atoms with Crippen molar-refractivity contribution >= 4 is 75.2 Å². The second kappa shape index (κ2) is 16.4. The van der Waals surface area contributed by atoms with Crippen LogP contribution in [0.5, 0.6) is 0 Å². The molecular weight excluding hydrogens is 485 g/mol. The van der Waals surface area contributed by atoms with E-state index in [1.54, 1.807) is 12.1 Å². The summed E-state index contributed by atoms with van der Waals surface area (Å²) in [6.45, 7) is 2.87. The van der Waals surface area contributed by atoms with E-state index in [0.29, 0.717) is 58.5 Å². The van der Waals surface area contributed by atoms with Crippen molar-refractivity contribution in [3.8, 4) is 0 Å². The molecule has 12 heteroatoms. The van der Waals surface area contributed by atoms with Gasteiger partial charge in [-0.05, 0) is 73.7 Å². The molecule has 1 aromatic carbocycles. The highest BCUT2D eigenvalue weighted by atomic mass is 32.1. The van der Waals surface area contributed by atoms with Gasteiger partial charge in [0.15, 0.2) is 0 Å². The van der Waals surface area contributed by atoms with E-state index in [4.69, 9.17) is 48.9 Å². The Morgan fingerprint density at radius 1 is 0.875 bits per heavy atom. The fraction of sp³-hybridized carbons (Fsp3) is 0.500. The number of rotatable bonds is 16. The summed E-state index contributed by atoms with van der Waals surface area (Å²) in [6.07, 6.45) is 1.72. The van der Waals surface area contributed by atoms with Gasteiger partial charge in [0.25, 0.3) is 5.69 Å². The van der Waals surface area contributed by atoms with E-state index in [9.17, 15) is 10.1 Å². The minimum absolute atomic E-state index is 0.0346. The van der Waals surface area contributed by atoms with Crippen molar-refractivity contribution in [1.82, 2.24) is 4.90 Å². The first kappa shape index (κ1) is 27.8. The number of hydrogen-bond acceptors (Lipinski definition) is 11. The van der Waals surface area contributed by atoms with E-state index in [-0.39, 0.29) is 5.69 Å². The average molecular weight is 507 g/mol. The van der Waals surface area contributed by atoms with E-state index >= 15 is 0 Å². The van der Waals surface area contributed by atoms with Crippen LogP contribution in [0.4, 0.5) is 5.69 Å². The predicted molar refractivity (Wildman–Crippen MR) is 140 cm³/mol. The van der Waals surface area contributed by atoms with Gasteiger partial charge in [-0.15, -0.1) is 0 Å². The van der Waals surface area contributed by atoms with Gasteiger partial charge in [0.1, 0.15) is 0 Å². The zero-order valence-electron chi connectivity index (χ0n) is 17.3. The van der Waals surface area contributed by atoms with Crippen LogP contribution in [0.3, 0.4) is 0 Å². The summed E-state index contributed by atoms with van der Waals surface area (Å²) in [4.78, 5) is 29.4. The number of non-ortho nitro benzene ring substituents is 1. The average Bonchev–Trinajstić information content (AvgIpc) is 2.78. The Balaban J connectivity index is 3.48. The molecular formula is C20H22N6O2S4. The summed E-state index contributed by atoms with van der Waals surface area (Å²) in [5.74, 6) is 0. The van der Waals surface area contributed by atoms with Gasteiger partial charge >= 0.3 is 0 Å². The van der Waals surface area contributed by atoms with Crippen LogP contribution in [0.15, 0.2) is 44.2 Å². The molecule has 0 saturated carbocycles. The Morgan fingerprint density at radius 2 is 1.38 bits per heavy atom. The minimum atomic E-state index is -0.492. The number of hydrogen-bond donors (Lipinski definition) is 0. The number of nitro benzene ring substituents is 1. The SMILES string of the molecule is O=[N+]([O-])c1cccc(CC(CCN=C=S)(CCN=C=S)N(CCN=C=S)CCN=C=S)c1. The monoisotopic (exact) mass is 506 g/mol. The van der Waals surface area contributed by atoms with Gasteiger partial charge in [-0.3, -0.25) is 15.0 Å². The number of aliphatic imine (C=N–C) groups is 4. The molecule has 0 fully saturated rings. The van der Waals surface area contributed by atoms with Crippen molar-refractivity contribution in [3.05, 3.63) is 39.9 Å². The van der Waals surface area contributed by atoms with Gasteiger partial charge in [-0.1, -0.05) is 12.1 Å². The first-order chi connectivity index (χ1) is 15.5. The zero-order valence-corrected chi connectivity index (χ0v) is 20.6. The Labute approximate surface area is 208 Å². The molecule has 0 saturated heterocycles. The fourth-order valence-electron chi connectivity index (χ4n) is 3.53. The van der Waals surface area contributed by atoms with E-state index in [0.717, 1.165) is 5.56 Å². The second-order valence-electron chi connectivity index (χ2n) is 6.71. The highest BCUT2D eigenvalue weighted by Gasteiger charge is 2.36. The van der Waals surface area contributed by atoms with E-state index in [2.05, 4.69) is 45.5 Å². The smallest absolute Gasteiger partial charge is 0.269 e. The van der Waals surface area contributed by atoms with Gasteiger partial charge < -0.3 is 0 Å². The fourth-order valence-corrected chi connectivity index (χ4v) is 3.89. The second-order valence-corrected chi connectivity index (χ2v) is 7.44. The molecule has 32 heavy (non-hydrogen) atoms. The molecule has 0 aromatic heterocycles. The maximum atomic E-state index is 11.3. The molecule has 0 unspecified atom stereocenters. The van der Waals surface area contributed by atoms with Gasteiger partial charge in [0.05, 0.1) is 51.7 Å². The first-order valence-electron chi connectivity index (χ1n) is 9.66. The summed E-state index contributed by atoms with van der Waals surface area (Å²) >= 11 is 18.9. The molecule has 8 nitrogen and oxygen atoms in total. The minimum Gasteiger partial charge on any atom is -0.293 e. The molecule has 0 bridgehead atoms. The number of thiocarbonyl (C=S) groups is 4. The van der Waals surface area contributed by atoms with Crippen LogP contribution in [0.2, 0.25) is 0 Å². The maximum Gasteiger partial charge on any atom is 0.269 e. The number of nitrogens with zero attached hydrogens (tertiary/aromatic N) is 6. The summed E-state index contributed by atoms with van der Waals surface area (Å²) in [7, 11) is 0. The summed E-state index contributed by atoms with van der Waals surface area (Å²) in [5, 5.41) is 20.9. The Morgan fingerprint density at radius 3 is 1.84 bits per heavy atom. The quantitative estimate of drug-likeness (QED) is 0.142. The van der Waals surface area contributed by atoms with Crippen molar-refractivity contribution in [1.29, 1.82) is 0 Å². The van der Waals surface area contributed by atoms with Crippen molar-refractivity contribution in [2.45, 2.75) is 24.8 Å². The number of benzene rings is 1. The lowest BCUT2D eigenvalue weighted by molar-refractivity contribution is -0.384.